The van der Waals surface area contributed by atoms with Crippen molar-refractivity contribution in [3.8, 4) is 0 Å². The molecule has 0 atom stereocenters. The zero-order valence-corrected chi connectivity index (χ0v) is 10.6. The van der Waals surface area contributed by atoms with Crippen LogP contribution in [0.4, 0.5) is 10.6 Å². The van der Waals surface area contributed by atoms with Gasteiger partial charge in [-0.05, 0) is 13.8 Å². The molecule has 17 heavy (non-hydrogen) atoms. The van der Waals surface area contributed by atoms with E-state index >= 15 is 0 Å². The Morgan fingerprint density at radius 2 is 2.12 bits per heavy atom. The van der Waals surface area contributed by atoms with Gasteiger partial charge in [-0.2, -0.15) is 5.10 Å². The second kappa shape index (κ2) is 4.62. The SMILES string of the molecule is CC(C)NC(=O)NS(=O)(=O)c1cn(C)nc1N. The fourth-order valence-corrected chi connectivity index (χ4v) is 2.18. The standard InChI is InChI=1S/C8H15N5O3S/c1-5(2)10-8(14)12-17(15,16)6-4-13(3)11-7(6)9/h4-5H,1-3H3,(H2,9,11)(H2,10,12,14). The van der Waals surface area contributed by atoms with E-state index in [-0.39, 0.29) is 16.8 Å². The topological polar surface area (TPSA) is 119 Å². The highest BCUT2D eigenvalue weighted by molar-refractivity contribution is 7.90. The Bertz CT molecular complexity index is 519. The van der Waals surface area contributed by atoms with E-state index in [9.17, 15) is 13.2 Å². The molecule has 1 aromatic heterocycles. The summed E-state index contributed by atoms with van der Waals surface area (Å²) in [6.45, 7) is 3.43. The van der Waals surface area contributed by atoms with Crippen LogP contribution in [0.2, 0.25) is 0 Å². The summed E-state index contributed by atoms with van der Waals surface area (Å²) in [5.41, 5.74) is 5.42. The fraction of sp³-hybridized carbons (Fsp3) is 0.500. The van der Waals surface area contributed by atoms with E-state index in [0.717, 1.165) is 0 Å². The lowest BCUT2D eigenvalue weighted by Gasteiger charge is -2.09. The van der Waals surface area contributed by atoms with Crippen molar-refractivity contribution in [1.29, 1.82) is 0 Å². The predicted octanol–water partition coefficient (Wildman–Crippen LogP) is -0.601. The molecule has 4 N–H and O–H groups in total. The van der Waals surface area contributed by atoms with Crippen molar-refractivity contribution in [3.05, 3.63) is 6.20 Å². The number of urea groups is 1. The molecule has 96 valence electrons. The first-order valence-electron chi connectivity index (χ1n) is 4.85. The van der Waals surface area contributed by atoms with Gasteiger partial charge in [0.05, 0.1) is 0 Å². The Morgan fingerprint density at radius 3 is 2.53 bits per heavy atom. The molecule has 0 radical (unpaired) electrons. The smallest absolute Gasteiger partial charge is 0.328 e. The van der Waals surface area contributed by atoms with Crippen LogP contribution in [0.25, 0.3) is 0 Å². The van der Waals surface area contributed by atoms with Crippen molar-refractivity contribution in [2.24, 2.45) is 7.05 Å². The van der Waals surface area contributed by atoms with Gasteiger partial charge in [0.25, 0.3) is 10.0 Å². The monoisotopic (exact) mass is 261 g/mol. The largest absolute Gasteiger partial charge is 0.381 e. The van der Waals surface area contributed by atoms with Crippen LogP contribution in [-0.2, 0) is 17.1 Å². The van der Waals surface area contributed by atoms with Crippen molar-refractivity contribution in [2.75, 3.05) is 5.73 Å². The number of nitrogens with one attached hydrogen (secondary N) is 2. The molecule has 0 saturated carbocycles. The van der Waals surface area contributed by atoms with Gasteiger partial charge in [0, 0.05) is 19.3 Å². The minimum absolute atomic E-state index is 0.155. The van der Waals surface area contributed by atoms with Crippen LogP contribution in [0.3, 0.4) is 0 Å². The van der Waals surface area contributed by atoms with Crippen molar-refractivity contribution >= 4 is 21.9 Å². The van der Waals surface area contributed by atoms with Crippen molar-refractivity contribution in [1.82, 2.24) is 19.8 Å². The second-order valence-corrected chi connectivity index (χ2v) is 5.44. The zero-order valence-electron chi connectivity index (χ0n) is 9.76. The molecule has 0 bridgehead atoms. The minimum Gasteiger partial charge on any atom is -0.381 e. The average Bonchev–Trinajstić information content (AvgIpc) is 2.42. The molecule has 0 spiro atoms. The lowest BCUT2D eigenvalue weighted by Crippen LogP contribution is -2.42. The first-order chi connectivity index (χ1) is 7.72. The van der Waals surface area contributed by atoms with Gasteiger partial charge in [0.1, 0.15) is 4.90 Å². The van der Waals surface area contributed by atoms with Crippen LogP contribution in [0.1, 0.15) is 13.8 Å². The predicted molar refractivity (Wildman–Crippen MR) is 61.6 cm³/mol. The van der Waals surface area contributed by atoms with E-state index in [1.165, 1.54) is 17.9 Å². The molecule has 0 aliphatic rings. The number of nitrogen functional groups attached to an aromatic ring is 1. The number of carbonyl (C=O) groups is 1. The molecular formula is C8H15N5O3S. The molecule has 0 aliphatic heterocycles. The van der Waals surface area contributed by atoms with E-state index in [1.54, 1.807) is 13.8 Å². The molecule has 0 unspecified atom stereocenters. The molecule has 1 aromatic rings. The lowest BCUT2D eigenvalue weighted by atomic mass is 10.4. The van der Waals surface area contributed by atoms with Crippen LogP contribution >= 0.6 is 0 Å². The average molecular weight is 261 g/mol. The summed E-state index contributed by atoms with van der Waals surface area (Å²) in [6, 6.07) is -0.973. The quantitative estimate of drug-likeness (QED) is 0.671. The molecule has 2 amide bonds. The molecule has 8 nitrogen and oxygen atoms in total. The summed E-state index contributed by atoms with van der Waals surface area (Å²) >= 11 is 0. The van der Waals surface area contributed by atoms with Crippen LogP contribution < -0.4 is 15.8 Å². The fourth-order valence-electron chi connectivity index (χ4n) is 1.16. The third-order valence-corrected chi connectivity index (χ3v) is 3.11. The maximum atomic E-state index is 11.8. The van der Waals surface area contributed by atoms with E-state index in [0.29, 0.717) is 0 Å². The van der Waals surface area contributed by atoms with Crippen molar-refractivity contribution < 1.29 is 13.2 Å². The Balaban J connectivity index is 2.90. The Morgan fingerprint density at radius 1 is 1.53 bits per heavy atom. The van der Waals surface area contributed by atoms with Crippen LogP contribution in [0.5, 0.6) is 0 Å². The molecule has 0 fully saturated rings. The summed E-state index contributed by atoms with van der Waals surface area (Å²) in [4.78, 5) is 11.1. The Labute approximate surface area is 99.2 Å². The number of aromatic nitrogens is 2. The number of anilines is 1. The third kappa shape index (κ3) is 3.34. The molecule has 0 aromatic carbocycles. The summed E-state index contributed by atoms with van der Waals surface area (Å²) in [5.74, 6) is -0.155. The first kappa shape index (κ1) is 13.3. The highest BCUT2D eigenvalue weighted by Gasteiger charge is 2.23. The molecule has 0 saturated heterocycles. The van der Waals surface area contributed by atoms with Gasteiger partial charge < -0.3 is 11.1 Å². The first-order valence-corrected chi connectivity index (χ1v) is 6.33. The maximum absolute atomic E-state index is 11.8. The number of aryl methyl sites for hydroxylation is 1. The highest BCUT2D eigenvalue weighted by atomic mass is 32.2. The Kier molecular flexibility index (Phi) is 3.61. The second-order valence-electron chi connectivity index (χ2n) is 3.79. The van der Waals surface area contributed by atoms with Crippen LogP contribution in [-0.4, -0.2) is 30.3 Å². The number of hydrogen-bond acceptors (Lipinski definition) is 5. The minimum atomic E-state index is -3.99. The van der Waals surface area contributed by atoms with Gasteiger partial charge in [0.2, 0.25) is 0 Å². The normalized spacial score (nSPS) is 11.5. The summed E-state index contributed by atoms with van der Waals surface area (Å²) in [7, 11) is -2.45. The highest BCUT2D eigenvalue weighted by Crippen LogP contribution is 2.14. The van der Waals surface area contributed by atoms with Crippen molar-refractivity contribution in [2.45, 2.75) is 24.8 Å². The van der Waals surface area contributed by atoms with E-state index in [4.69, 9.17) is 5.73 Å². The van der Waals surface area contributed by atoms with Gasteiger partial charge >= 0.3 is 6.03 Å². The van der Waals surface area contributed by atoms with E-state index < -0.39 is 16.1 Å². The molecule has 9 heteroatoms. The number of nitrogens with zero attached hydrogens (tertiary/aromatic N) is 2. The van der Waals surface area contributed by atoms with Gasteiger partial charge in [-0.3, -0.25) is 4.68 Å². The van der Waals surface area contributed by atoms with Gasteiger partial charge in [0.15, 0.2) is 5.82 Å². The summed E-state index contributed by atoms with van der Waals surface area (Å²) < 4.78 is 26.6. The maximum Gasteiger partial charge on any atom is 0.328 e. The molecule has 1 rings (SSSR count). The van der Waals surface area contributed by atoms with Crippen molar-refractivity contribution in [3.63, 3.8) is 0 Å². The molecule has 0 aliphatic carbocycles. The summed E-state index contributed by atoms with van der Waals surface area (Å²) in [6.07, 6.45) is 1.22. The number of amides is 2. The number of hydrogen-bond donors (Lipinski definition) is 3. The zero-order chi connectivity index (χ0) is 13.2. The number of sulfonamides is 1. The molecule has 1 heterocycles. The van der Waals surface area contributed by atoms with Crippen LogP contribution in [0, 0.1) is 0 Å². The lowest BCUT2D eigenvalue weighted by molar-refractivity contribution is 0.243. The number of rotatable bonds is 3. The van der Waals surface area contributed by atoms with Gasteiger partial charge in [-0.25, -0.2) is 17.9 Å². The van der Waals surface area contributed by atoms with Gasteiger partial charge in [-0.15, -0.1) is 0 Å². The van der Waals surface area contributed by atoms with E-state index in [2.05, 4.69) is 10.4 Å². The van der Waals surface area contributed by atoms with Crippen LogP contribution in [0.15, 0.2) is 11.1 Å². The Hall–Kier alpha value is -1.77. The number of carbonyl (C=O) groups excluding carboxylic acids is 1. The van der Waals surface area contributed by atoms with Gasteiger partial charge in [-0.1, -0.05) is 0 Å². The molecular weight excluding hydrogens is 246 g/mol. The number of nitrogens with two attached hydrogens (primary N) is 1. The summed E-state index contributed by atoms with van der Waals surface area (Å²) in [5, 5.41) is 6.09. The third-order valence-electron chi connectivity index (χ3n) is 1.76. The van der Waals surface area contributed by atoms with E-state index in [1.807, 2.05) is 4.72 Å².